The Morgan fingerprint density at radius 2 is 2.05 bits per heavy atom. The molecule has 1 atom stereocenters. The summed E-state index contributed by atoms with van der Waals surface area (Å²) < 4.78 is 30.7. The largest absolute Gasteiger partial charge is 0.465 e. The highest BCUT2D eigenvalue weighted by Crippen LogP contribution is 2.24. The number of rotatable bonds is 5. The monoisotopic (exact) mass is 311 g/mol. The van der Waals surface area contributed by atoms with Crippen molar-refractivity contribution < 1.29 is 27.9 Å². The van der Waals surface area contributed by atoms with E-state index in [1.165, 1.54) is 6.07 Å². The van der Waals surface area contributed by atoms with Crippen LogP contribution in [0, 0.1) is 17.6 Å². The first-order valence-electron chi connectivity index (χ1n) is 6.86. The van der Waals surface area contributed by atoms with Gasteiger partial charge in [-0.05, 0) is 31.0 Å². The van der Waals surface area contributed by atoms with E-state index in [1.807, 2.05) is 0 Å². The van der Waals surface area contributed by atoms with Crippen molar-refractivity contribution in [2.75, 3.05) is 13.2 Å². The molecule has 0 N–H and O–H groups in total. The first-order valence-corrected chi connectivity index (χ1v) is 6.86. The number of amides is 2. The molecule has 22 heavy (non-hydrogen) atoms. The lowest BCUT2D eigenvalue weighted by molar-refractivity contribution is -0.152. The minimum Gasteiger partial charge on any atom is -0.465 e. The summed E-state index contributed by atoms with van der Waals surface area (Å²) in [4.78, 5) is 36.2. The fraction of sp³-hybridized carbons (Fsp3) is 0.400. The smallest absolute Gasteiger partial charge is 0.326 e. The summed E-state index contributed by atoms with van der Waals surface area (Å²) in [5.41, 5.74) is 0.419. The highest BCUT2D eigenvalue weighted by atomic mass is 19.2. The minimum absolute atomic E-state index is 0.0583. The van der Waals surface area contributed by atoms with Gasteiger partial charge in [-0.3, -0.25) is 19.3 Å². The van der Waals surface area contributed by atoms with Crippen LogP contribution in [0.2, 0.25) is 0 Å². The Bertz CT molecular complexity index is 618. The van der Waals surface area contributed by atoms with Gasteiger partial charge in [-0.2, -0.15) is 0 Å². The number of hydrogen-bond donors (Lipinski definition) is 0. The Morgan fingerprint density at radius 1 is 1.32 bits per heavy atom. The second-order valence-corrected chi connectivity index (χ2v) is 4.98. The standard InChI is InChI=1S/C15H15F2NO4/c1-2-22-14(20)8-18-13(19)7-10(15(18)21)5-9-3-4-11(16)12(17)6-9/h3-4,6,10H,2,5,7-8H2,1H3. The molecule has 1 saturated heterocycles. The van der Waals surface area contributed by atoms with Gasteiger partial charge in [0.15, 0.2) is 11.6 Å². The van der Waals surface area contributed by atoms with Gasteiger partial charge in [0.1, 0.15) is 6.54 Å². The molecule has 1 unspecified atom stereocenters. The van der Waals surface area contributed by atoms with Gasteiger partial charge in [-0.15, -0.1) is 0 Å². The Morgan fingerprint density at radius 3 is 2.68 bits per heavy atom. The van der Waals surface area contributed by atoms with Crippen LogP contribution in [0.5, 0.6) is 0 Å². The maximum absolute atomic E-state index is 13.2. The Kier molecular flexibility index (Phi) is 4.85. The average Bonchev–Trinajstić information content (AvgIpc) is 2.71. The number of benzene rings is 1. The molecule has 1 fully saturated rings. The molecular weight excluding hydrogens is 296 g/mol. The number of imide groups is 1. The van der Waals surface area contributed by atoms with Crippen LogP contribution in [0.1, 0.15) is 18.9 Å². The van der Waals surface area contributed by atoms with Gasteiger partial charge in [-0.25, -0.2) is 8.78 Å². The fourth-order valence-electron chi connectivity index (χ4n) is 2.36. The van der Waals surface area contributed by atoms with Gasteiger partial charge in [0.2, 0.25) is 11.8 Å². The van der Waals surface area contributed by atoms with E-state index < -0.39 is 41.9 Å². The summed E-state index contributed by atoms with van der Waals surface area (Å²) in [6.07, 6.45) is 0.0539. The number of esters is 1. The van der Waals surface area contributed by atoms with E-state index in [9.17, 15) is 23.2 Å². The van der Waals surface area contributed by atoms with Crippen molar-refractivity contribution in [2.45, 2.75) is 19.8 Å². The number of likely N-dealkylation sites (tertiary alicyclic amines) is 1. The maximum atomic E-state index is 13.2. The molecule has 2 amide bonds. The second-order valence-electron chi connectivity index (χ2n) is 4.98. The van der Waals surface area contributed by atoms with E-state index in [-0.39, 0.29) is 19.4 Å². The van der Waals surface area contributed by atoms with Crippen molar-refractivity contribution in [3.63, 3.8) is 0 Å². The van der Waals surface area contributed by atoms with Gasteiger partial charge in [0.25, 0.3) is 0 Å². The molecule has 0 bridgehead atoms. The van der Waals surface area contributed by atoms with Crippen molar-refractivity contribution in [1.82, 2.24) is 4.90 Å². The van der Waals surface area contributed by atoms with Gasteiger partial charge < -0.3 is 4.74 Å². The van der Waals surface area contributed by atoms with Crippen LogP contribution < -0.4 is 0 Å². The van der Waals surface area contributed by atoms with Gasteiger partial charge in [-0.1, -0.05) is 6.07 Å². The number of carbonyl (C=O) groups excluding carboxylic acids is 3. The number of hydrogen-bond acceptors (Lipinski definition) is 4. The molecular formula is C15H15F2NO4. The van der Waals surface area contributed by atoms with E-state index in [1.54, 1.807) is 6.92 Å². The van der Waals surface area contributed by atoms with Crippen LogP contribution >= 0.6 is 0 Å². The first kappa shape index (κ1) is 16.1. The second kappa shape index (κ2) is 6.64. The normalized spacial score (nSPS) is 18.0. The van der Waals surface area contributed by atoms with E-state index >= 15 is 0 Å². The number of nitrogens with zero attached hydrogens (tertiary/aromatic N) is 1. The van der Waals surface area contributed by atoms with Crippen LogP contribution in [0.4, 0.5) is 8.78 Å². The quantitative estimate of drug-likeness (QED) is 0.610. The first-order chi connectivity index (χ1) is 10.4. The molecule has 0 radical (unpaired) electrons. The van der Waals surface area contributed by atoms with Crippen molar-refractivity contribution in [1.29, 1.82) is 0 Å². The summed E-state index contributed by atoms with van der Waals surface area (Å²) in [7, 11) is 0. The van der Waals surface area contributed by atoms with Crippen LogP contribution in [0.25, 0.3) is 0 Å². The topological polar surface area (TPSA) is 63.7 Å². The number of halogens is 2. The zero-order chi connectivity index (χ0) is 16.3. The van der Waals surface area contributed by atoms with Crippen LogP contribution in [0.3, 0.4) is 0 Å². The zero-order valence-corrected chi connectivity index (χ0v) is 12.0. The predicted octanol–water partition coefficient (Wildman–Crippen LogP) is 1.45. The number of carbonyl (C=O) groups is 3. The molecule has 118 valence electrons. The van der Waals surface area contributed by atoms with Crippen molar-refractivity contribution in [3.8, 4) is 0 Å². The van der Waals surface area contributed by atoms with E-state index in [2.05, 4.69) is 0 Å². The molecule has 0 aromatic heterocycles. The van der Waals surface area contributed by atoms with Crippen molar-refractivity contribution >= 4 is 17.8 Å². The van der Waals surface area contributed by atoms with Gasteiger partial charge in [0.05, 0.1) is 12.5 Å². The SMILES string of the molecule is CCOC(=O)CN1C(=O)CC(Cc2ccc(F)c(F)c2)C1=O. The summed E-state index contributed by atoms with van der Waals surface area (Å²) >= 11 is 0. The summed E-state index contributed by atoms with van der Waals surface area (Å²) in [6.45, 7) is 1.37. The molecule has 1 heterocycles. The van der Waals surface area contributed by atoms with E-state index in [4.69, 9.17) is 4.74 Å². The fourth-order valence-corrected chi connectivity index (χ4v) is 2.36. The van der Waals surface area contributed by atoms with E-state index in [0.29, 0.717) is 5.56 Å². The molecule has 1 aliphatic heterocycles. The number of ether oxygens (including phenoxy) is 1. The molecule has 0 saturated carbocycles. The summed E-state index contributed by atoms with van der Waals surface area (Å²) in [5.74, 6) is -4.27. The third kappa shape index (κ3) is 3.47. The van der Waals surface area contributed by atoms with Crippen LogP contribution in [-0.2, 0) is 25.5 Å². The van der Waals surface area contributed by atoms with Gasteiger partial charge >= 0.3 is 5.97 Å². The summed E-state index contributed by atoms with van der Waals surface area (Å²) in [6, 6.07) is 3.34. The van der Waals surface area contributed by atoms with Gasteiger partial charge in [0, 0.05) is 6.42 Å². The molecule has 2 rings (SSSR count). The Balaban J connectivity index is 2.04. The molecule has 1 aromatic rings. The lowest BCUT2D eigenvalue weighted by atomic mass is 9.98. The molecule has 1 aliphatic rings. The lowest BCUT2D eigenvalue weighted by Crippen LogP contribution is -2.36. The van der Waals surface area contributed by atoms with E-state index in [0.717, 1.165) is 17.0 Å². The maximum Gasteiger partial charge on any atom is 0.326 e. The van der Waals surface area contributed by atoms with Crippen molar-refractivity contribution in [3.05, 3.63) is 35.4 Å². The molecule has 0 aliphatic carbocycles. The molecule has 0 spiro atoms. The lowest BCUT2D eigenvalue weighted by Gasteiger charge is -2.14. The van der Waals surface area contributed by atoms with Crippen molar-refractivity contribution in [2.24, 2.45) is 5.92 Å². The van der Waals surface area contributed by atoms with Crippen LogP contribution in [-0.4, -0.2) is 35.8 Å². The zero-order valence-electron chi connectivity index (χ0n) is 12.0. The minimum atomic E-state index is -1.00. The highest BCUT2D eigenvalue weighted by molar-refractivity contribution is 6.05. The third-order valence-electron chi connectivity index (χ3n) is 3.40. The third-order valence-corrected chi connectivity index (χ3v) is 3.40. The molecule has 7 heteroatoms. The predicted molar refractivity (Wildman–Crippen MR) is 71.5 cm³/mol. The average molecular weight is 311 g/mol. The Labute approximate surface area is 125 Å². The highest BCUT2D eigenvalue weighted by Gasteiger charge is 2.39. The summed E-state index contributed by atoms with van der Waals surface area (Å²) in [5, 5.41) is 0. The molecule has 1 aromatic carbocycles. The molecule has 5 nitrogen and oxygen atoms in total. The Hall–Kier alpha value is -2.31. The van der Waals surface area contributed by atoms with Crippen LogP contribution in [0.15, 0.2) is 18.2 Å².